The van der Waals surface area contributed by atoms with Crippen molar-refractivity contribution in [3.05, 3.63) is 73.1 Å². The van der Waals surface area contributed by atoms with Gasteiger partial charge in [0.25, 0.3) is 0 Å². The van der Waals surface area contributed by atoms with Crippen molar-refractivity contribution >= 4 is 34.6 Å². The summed E-state index contributed by atoms with van der Waals surface area (Å²) in [6.07, 6.45) is -0.571. The predicted octanol–water partition coefficient (Wildman–Crippen LogP) is 4.88. The molecule has 1 amide bonds. The molecule has 0 aliphatic carbocycles. The Labute approximate surface area is 244 Å². The van der Waals surface area contributed by atoms with Gasteiger partial charge in [0, 0.05) is 68.0 Å². The second kappa shape index (κ2) is 11.3. The monoisotopic (exact) mass is 592 g/mol. The number of carbonyl (C=O) groups excluding carboxylic acids is 1. The number of fused-ring (bicyclic) bond motifs is 3. The van der Waals surface area contributed by atoms with Crippen LogP contribution in [0, 0.1) is 0 Å². The van der Waals surface area contributed by atoms with E-state index in [1.807, 2.05) is 37.5 Å². The highest BCUT2D eigenvalue weighted by Crippen LogP contribution is 2.41. The highest BCUT2D eigenvalue weighted by atomic mass is 19.4. The lowest BCUT2D eigenvalue weighted by Gasteiger charge is -2.31. The summed E-state index contributed by atoms with van der Waals surface area (Å²) >= 11 is 0. The molecule has 222 valence electrons. The molecule has 4 heterocycles. The summed E-state index contributed by atoms with van der Waals surface area (Å²) in [5.41, 5.74) is 4.35. The Morgan fingerprint density at radius 3 is 2.67 bits per heavy atom. The zero-order valence-electron chi connectivity index (χ0n) is 23.1. The topological polar surface area (TPSA) is 110 Å². The van der Waals surface area contributed by atoms with Crippen LogP contribution in [0.1, 0.15) is 5.56 Å². The van der Waals surface area contributed by atoms with Crippen LogP contribution in [0.3, 0.4) is 0 Å². The van der Waals surface area contributed by atoms with Gasteiger partial charge in [-0.05, 0) is 18.2 Å². The Hall–Kier alpha value is -5.11. The van der Waals surface area contributed by atoms with Crippen LogP contribution in [0.15, 0.2) is 67.5 Å². The number of nitrogens with one attached hydrogen (secondary N) is 2. The standard InChI is InChI=1S/C29H27F3N8O3/c1-3-26(41)34-20-14-21(24(43-29(30,31)32)15-23(20)39-10-12-42-13-11-39)35-28-33-9-8-25(36-28)40-17-18-16-38(2)22-7-5-4-6-19(22)27(18)37-40/h3-9,14-15,17H,1,10-13,16H2,2H3,(H,34,41)(H,33,35,36). The molecule has 0 radical (unpaired) electrons. The van der Waals surface area contributed by atoms with Gasteiger partial charge in [-0.25, -0.2) is 9.67 Å². The molecule has 1 saturated heterocycles. The Bertz CT molecular complexity index is 1680. The Kier molecular flexibility index (Phi) is 7.36. The maximum atomic E-state index is 13.5. The molecule has 43 heavy (non-hydrogen) atoms. The molecule has 1 fully saturated rings. The van der Waals surface area contributed by atoms with Gasteiger partial charge in [-0.1, -0.05) is 24.8 Å². The van der Waals surface area contributed by atoms with Crippen LogP contribution >= 0.6 is 0 Å². The average molecular weight is 593 g/mol. The van der Waals surface area contributed by atoms with E-state index in [1.54, 1.807) is 15.6 Å². The molecule has 2 aliphatic heterocycles. The molecule has 4 aromatic rings. The van der Waals surface area contributed by atoms with Gasteiger partial charge < -0.3 is 29.9 Å². The van der Waals surface area contributed by atoms with Crippen LogP contribution in [0.4, 0.5) is 41.9 Å². The highest BCUT2D eigenvalue weighted by Gasteiger charge is 2.33. The zero-order valence-corrected chi connectivity index (χ0v) is 23.1. The number of rotatable bonds is 7. The molecule has 0 bridgehead atoms. The van der Waals surface area contributed by atoms with Crippen molar-refractivity contribution in [2.75, 3.05) is 53.8 Å². The van der Waals surface area contributed by atoms with E-state index in [0.717, 1.165) is 28.6 Å². The number of para-hydroxylation sites is 1. The van der Waals surface area contributed by atoms with E-state index in [1.165, 1.54) is 18.3 Å². The van der Waals surface area contributed by atoms with E-state index >= 15 is 0 Å². The third-order valence-corrected chi connectivity index (χ3v) is 7.01. The molecule has 0 spiro atoms. The van der Waals surface area contributed by atoms with Crippen molar-refractivity contribution in [1.82, 2.24) is 19.7 Å². The number of anilines is 5. The van der Waals surface area contributed by atoms with Crippen LogP contribution in [-0.4, -0.2) is 65.4 Å². The maximum absolute atomic E-state index is 13.5. The predicted molar refractivity (Wildman–Crippen MR) is 155 cm³/mol. The van der Waals surface area contributed by atoms with Gasteiger partial charge in [0.1, 0.15) is 0 Å². The van der Waals surface area contributed by atoms with E-state index in [4.69, 9.17) is 9.84 Å². The first kappa shape index (κ1) is 28.0. The lowest BCUT2D eigenvalue weighted by molar-refractivity contribution is -0.274. The molecule has 6 rings (SSSR count). The van der Waals surface area contributed by atoms with Crippen molar-refractivity contribution in [2.24, 2.45) is 0 Å². The molecular weight excluding hydrogens is 565 g/mol. The molecule has 2 N–H and O–H groups in total. The SMILES string of the molecule is C=CC(=O)Nc1cc(Nc2nccc(-n3cc4c(n3)-c3ccccc3N(C)C4)n2)c(OC(F)(F)F)cc1N1CCOCC1. The van der Waals surface area contributed by atoms with Crippen molar-refractivity contribution in [3.8, 4) is 22.8 Å². The van der Waals surface area contributed by atoms with Crippen LogP contribution in [0.5, 0.6) is 5.75 Å². The number of amides is 1. The van der Waals surface area contributed by atoms with Crippen LogP contribution in [0.25, 0.3) is 17.1 Å². The van der Waals surface area contributed by atoms with E-state index in [2.05, 4.69) is 36.8 Å². The van der Waals surface area contributed by atoms with E-state index in [0.29, 0.717) is 44.4 Å². The molecule has 0 unspecified atom stereocenters. The van der Waals surface area contributed by atoms with Gasteiger partial charge in [0.15, 0.2) is 11.6 Å². The number of halogens is 3. The quantitative estimate of drug-likeness (QED) is 0.290. The van der Waals surface area contributed by atoms with E-state index in [9.17, 15) is 18.0 Å². The number of aromatic nitrogens is 4. The Morgan fingerprint density at radius 2 is 1.91 bits per heavy atom. The smallest absolute Gasteiger partial charge is 0.403 e. The van der Waals surface area contributed by atoms with Crippen LogP contribution in [-0.2, 0) is 16.1 Å². The number of alkyl halides is 3. The third kappa shape index (κ3) is 5.95. The first-order valence-corrected chi connectivity index (χ1v) is 13.4. The number of carbonyl (C=O) groups is 1. The minimum absolute atomic E-state index is 0.00404. The number of morpholine rings is 1. The van der Waals surface area contributed by atoms with Crippen molar-refractivity contribution in [2.45, 2.75) is 12.9 Å². The summed E-state index contributed by atoms with van der Waals surface area (Å²) in [6.45, 7) is 5.70. The van der Waals surface area contributed by atoms with Gasteiger partial charge in [-0.15, -0.1) is 13.2 Å². The van der Waals surface area contributed by atoms with Gasteiger partial charge in [0.05, 0.1) is 36.0 Å². The maximum Gasteiger partial charge on any atom is 0.573 e. The van der Waals surface area contributed by atoms with Crippen LogP contribution in [0.2, 0.25) is 0 Å². The highest BCUT2D eigenvalue weighted by molar-refractivity contribution is 6.02. The molecular formula is C29H27F3N8O3. The van der Waals surface area contributed by atoms with Gasteiger partial charge in [0.2, 0.25) is 11.9 Å². The fourth-order valence-corrected chi connectivity index (χ4v) is 5.10. The zero-order chi connectivity index (χ0) is 30.1. The summed E-state index contributed by atoms with van der Waals surface area (Å²) in [7, 11) is 2.00. The van der Waals surface area contributed by atoms with Crippen molar-refractivity contribution in [1.29, 1.82) is 0 Å². The minimum Gasteiger partial charge on any atom is -0.403 e. The number of benzene rings is 2. The van der Waals surface area contributed by atoms with Crippen molar-refractivity contribution in [3.63, 3.8) is 0 Å². The fraction of sp³-hybridized carbons (Fsp3) is 0.241. The van der Waals surface area contributed by atoms with Crippen molar-refractivity contribution < 1.29 is 27.4 Å². The Morgan fingerprint density at radius 1 is 1.12 bits per heavy atom. The molecule has 0 saturated carbocycles. The number of ether oxygens (including phenoxy) is 2. The van der Waals surface area contributed by atoms with E-state index < -0.39 is 18.0 Å². The number of hydrogen-bond donors (Lipinski definition) is 2. The van der Waals surface area contributed by atoms with Crippen LogP contribution < -0.4 is 25.2 Å². The number of nitrogens with zero attached hydrogens (tertiary/aromatic N) is 6. The van der Waals surface area contributed by atoms with Gasteiger partial charge in [-0.3, -0.25) is 4.79 Å². The summed E-state index contributed by atoms with van der Waals surface area (Å²) in [5, 5.41) is 10.3. The molecule has 2 aliphatic rings. The summed E-state index contributed by atoms with van der Waals surface area (Å²) in [5.74, 6) is -0.655. The van der Waals surface area contributed by atoms with Gasteiger partial charge >= 0.3 is 6.36 Å². The Balaban J connectivity index is 1.37. The summed E-state index contributed by atoms with van der Waals surface area (Å²) in [6, 6.07) is 12.2. The summed E-state index contributed by atoms with van der Waals surface area (Å²) in [4.78, 5) is 24.9. The molecule has 2 aromatic heterocycles. The lowest BCUT2D eigenvalue weighted by Crippen LogP contribution is -2.37. The molecule has 11 nitrogen and oxygen atoms in total. The normalized spacial score (nSPS) is 14.5. The minimum atomic E-state index is -4.98. The first-order chi connectivity index (χ1) is 20.7. The average Bonchev–Trinajstić information content (AvgIpc) is 3.43. The largest absolute Gasteiger partial charge is 0.573 e. The second-order valence-electron chi connectivity index (χ2n) is 9.89. The van der Waals surface area contributed by atoms with Gasteiger partial charge in [-0.2, -0.15) is 10.1 Å². The molecule has 14 heteroatoms. The van der Waals surface area contributed by atoms with E-state index in [-0.39, 0.29) is 17.3 Å². The first-order valence-electron chi connectivity index (χ1n) is 13.4. The number of hydrogen-bond acceptors (Lipinski definition) is 9. The molecule has 0 atom stereocenters. The fourth-order valence-electron chi connectivity index (χ4n) is 5.10. The second-order valence-corrected chi connectivity index (χ2v) is 9.89. The lowest BCUT2D eigenvalue weighted by atomic mass is 10.0. The summed E-state index contributed by atoms with van der Waals surface area (Å²) < 4.78 is 51.9. The third-order valence-electron chi connectivity index (χ3n) is 7.01. The molecule has 2 aromatic carbocycles.